The van der Waals surface area contributed by atoms with Crippen LogP contribution in [-0.2, 0) is 20.7 Å². The van der Waals surface area contributed by atoms with Crippen LogP contribution in [0, 0.1) is 0 Å². The summed E-state index contributed by atoms with van der Waals surface area (Å²) in [5.74, 6) is -1.56. The normalized spacial score (nSPS) is 11.6. The van der Waals surface area contributed by atoms with Gasteiger partial charge in [0.15, 0.2) is 0 Å². The molecular weight excluding hydrogens is 352 g/mol. The number of aliphatic carboxylic acids is 1. The molecule has 0 aliphatic carbocycles. The predicted octanol–water partition coefficient (Wildman–Crippen LogP) is 1.95. The third kappa shape index (κ3) is 9.07. The van der Waals surface area contributed by atoms with Crippen LogP contribution in [0.25, 0.3) is 0 Å². The first-order valence-corrected chi connectivity index (χ1v) is 9.39. The van der Waals surface area contributed by atoms with Gasteiger partial charge in [-0.25, -0.2) is 14.6 Å². The minimum Gasteiger partial charge on any atom is -0.480 e. The number of hydrogen-bond donors (Lipinski definition) is 3. The molecule has 1 aromatic heterocycles. The maximum absolute atomic E-state index is 12.1. The number of aromatic amines is 1. The molecule has 0 bridgehead atoms. The number of aromatic nitrogens is 2. The molecule has 1 rings (SSSR count). The van der Waals surface area contributed by atoms with E-state index < -0.39 is 24.0 Å². The van der Waals surface area contributed by atoms with Crippen molar-refractivity contribution in [2.45, 2.75) is 58.4 Å². The monoisotopic (exact) mass is 382 g/mol. The molecule has 0 fully saturated rings. The fourth-order valence-corrected chi connectivity index (χ4v) is 2.48. The topological polar surface area (TPSA) is 125 Å². The summed E-state index contributed by atoms with van der Waals surface area (Å²) in [6.45, 7) is 4.87. The van der Waals surface area contributed by atoms with E-state index in [2.05, 4.69) is 22.2 Å². The van der Waals surface area contributed by atoms with Crippen LogP contribution in [0.4, 0.5) is 4.79 Å². The highest BCUT2D eigenvalue weighted by molar-refractivity contribution is 5.84. The fourth-order valence-electron chi connectivity index (χ4n) is 2.48. The quantitative estimate of drug-likeness (QED) is 0.448. The van der Waals surface area contributed by atoms with E-state index in [1.165, 1.54) is 17.4 Å². The molecule has 0 spiro atoms. The first kappa shape index (κ1) is 22.5. The molecule has 0 aliphatic heterocycles. The molecule has 0 saturated heterocycles. The number of carboxylic acid groups (broad SMARTS) is 1. The molecule has 0 saturated carbocycles. The number of hydrogen-bond acceptors (Lipinski definition) is 5. The first-order chi connectivity index (χ1) is 13.0. The van der Waals surface area contributed by atoms with E-state index in [0.29, 0.717) is 18.8 Å². The van der Waals surface area contributed by atoms with Gasteiger partial charge >= 0.3 is 12.1 Å². The van der Waals surface area contributed by atoms with Crippen LogP contribution >= 0.6 is 0 Å². The van der Waals surface area contributed by atoms with Crippen molar-refractivity contribution in [1.29, 1.82) is 0 Å². The molecule has 9 heteroatoms. The maximum Gasteiger partial charge on any atom is 0.409 e. The van der Waals surface area contributed by atoms with Crippen molar-refractivity contribution in [3.05, 3.63) is 18.2 Å². The van der Waals surface area contributed by atoms with Gasteiger partial charge in [0.05, 0.1) is 12.9 Å². The van der Waals surface area contributed by atoms with Gasteiger partial charge in [-0.05, 0) is 13.3 Å². The standard InChI is InChI=1S/C18H30N4O5/c1-3-5-6-7-10-27-18(26)22(4-2)9-8-16(23)21-15(17(24)25)11-14-12-19-13-20-14/h12-13,15H,3-11H2,1-2H3,(H,19,20)(H,21,23)(H,24,25)/t15-/m0/s1. The highest BCUT2D eigenvalue weighted by Crippen LogP contribution is 2.03. The van der Waals surface area contributed by atoms with Crippen LogP contribution in [0.2, 0.25) is 0 Å². The third-order valence-corrected chi connectivity index (χ3v) is 4.08. The second-order valence-electron chi connectivity index (χ2n) is 6.24. The number of amides is 2. The molecule has 0 unspecified atom stereocenters. The lowest BCUT2D eigenvalue weighted by Crippen LogP contribution is -2.44. The SMILES string of the molecule is CCCCCCOC(=O)N(CC)CCC(=O)N[C@@H](Cc1cnc[nH]1)C(=O)O. The van der Waals surface area contributed by atoms with Crippen molar-refractivity contribution < 1.29 is 24.2 Å². The number of rotatable bonds is 13. The van der Waals surface area contributed by atoms with E-state index in [4.69, 9.17) is 4.74 Å². The van der Waals surface area contributed by atoms with E-state index in [-0.39, 0.29) is 19.4 Å². The molecule has 1 aromatic rings. The van der Waals surface area contributed by atoms with Crippen LogP contribution < -0.4 is 5.32 Å². The summed E-state index contributed by atoms with van der Waals surface area (Å²) < 4.78 is 5.21. The number of ether oxygens (including phenoxy) is 1. The second kappa shape index (κ2) is 12.7. The van der Waals surface area contributed by atoms with Crippen LogP contribution in [0.3, 0.4) is 0 Å². The van der Waals surface area contributed by atoms with E-state index >= 15 is 0 Å². The molecule has 1 heterocycles. The lowest BCUT2D eigenvalue weighted by molar-refractivity contribution is -0.141. The van der Waals surface area contributed by atoms with Crippen LogP contribution in [0.5, 0.6) is 0 Å². The van der Waals surface area contributed by atoms with Gasteiger partial charge in [0, 0.05) is 37.8 Å². The fraction of sp³-hybridized carbons (Fsp3) is 0.667. The van der Waals surface area contributed by atoms with Gasteiger partial charge in [-0.2, -0.15) is 0 Å². The Hall–Kier alpha value is -2.58. The summed E-state index contributed by atoms with van der Waals surface area (Å²) in [6.07, 6.45) is 6.69. The Kier molecular flexibility index (Phi) is 10.6. The summed E-state index contributed by atoms with van der Waals surface area (Å²) in [4.78, 5) is 43.5. The highest BCUT2D eigenvalue weighted by Gasteiger charge is 2.22. The Morgan fingerprint density at radius 1 is 1.30 bits per heavy atom. The van der Waals surface area contributed by atoms with Gasteiger partial charge in [-0.3, -0.25) is 4.79 Å². The lowest BCUT2D eigenvalue weighted by atomic mass is 10.1. The average Bonchev–Trinajstić information content (AvgIpc) is 3.14. The number of unbranched alkanes of at least 4 members (excludes halogenated alkanes) is 3. The Balaban J connectivity index is 2.38. The average molecular weight is 382 g/mol. The summed E-state index contributed by atoms with van der Waals surface area (Å²) in [5.41, 5.74) is 0.615. The molecule has 2 amide bonds. The zero-order valence-electron chi connectivity index (χ0n) is 16.1. The number of carbonyl (C=O) groups excluding carboxylic acids is 2. The number of H-pyrrole nitrogens is 1. The van der Waals surface area contributed by atoms with Crippen molar-refractivity contribution in [2.24, 2.45) is 0 Å². The Morgan fingerprint density at radius 2 is 2.07 bits per heavy atom. The molecule has 0 aromatic carbocycles. The molecule has 0 aliphatic rings. The minimum absolute atomic E-state index is 0.00549. The van der Waals surface area contributed by atoms with Gasteiger partial charge in [-0.1, -0.05) is 26.2 Å². The Morgan fingerprint density at radius 3 is 2.67 bits per heavy atom. The summed E-state index contributed by atoms with van der Waals surface area (Å²) in [5, 5.41) is 11.7. The minimum atomic E-state index is -1.13. The molecule has 1 atom stereocenters. The van der Waals surface area contributed by atoms with Crippen LogP contribution in [-0.4, -0.2) is 63.7 Å². The zero-order valence-corrected chi connectivity index (χ0v) is 16.1. The molecule has 27 heavy (non-hydrogen) atoms. The molecular formula is C18H30N4O5. The van der Waals surface area contributed by atoms with Gasteiger partial charge in [0.1, 0.15) is 6.04 Å². The number of carboxylic acids is 1. The number of imidazole rings is 1. The van der Waals surface area contributed by atoms with Gasteiger partial charge in [0.25, 0.3) is 0 Å². The summed E-state index contributed by atoms with van der Waals surface area (Å²) in [6, 6.07) is -1.06. The Labute approximate surface area is 159 Å². The number of nitrogens with zero attached hydrogens (tertiary/aromatic N) is 2. The number of nitrogens with one attached hydrogen (secondary N) is 2. The van der Waals surface area contributed by atoms with Gasteiger partial charge < -0.3 is 25.0 Å². The molecule has 152 valence electrons. The summed E-state index contributed by atoms with van der Waals surface area (Å²) in [7, 11) is 0. The largest absolute Gasteiger partial charge is 0.480 e. The van der Waals surface area contributed by atoms with E-state index in [9.17, 15) is 19.5 Å². The Bertz CT molecular complexity index is 576. The van der Waals surface area contributed by atoms with Gasteiger partial charge in [-0.15, -0.1) is 0 Å². The summed E-state index contributed by atoms with van der Waals surface area (Å²) >= 11 is 0. The first-order valence-electron chi connectivity index (χ1n) is 9.39. The van der Waals surface area contributed by atoms with Crippen molar-refractivity contribution in [3.8, 4) is 0 Å². The second-order valence-corrected chi connectivity index (χ2v) is 6.24. The zero-order chi connectivity index (χ0) is 20.1. The van der Waals surface area contributed by atoms with E-state index in [0.717, 1.165) is 25.7 Å². The van der Waals surface area contributed by atoms with Crippen molar-refractivity contribution in [2.75, 3.05) is 19.7 Å². The number of carbonyl (C=O) groups is 3. The van der Waals surface area contributed by atoms with E-state index in [1.807, 2.05) is 0 Å². The molecule has 3 N–H and O–H groups in total. The van der Waals surface area contributed by atoms with Crippen LogP contribution in [0.1, 0.15) is 51.6 Å². The van der Waals surface area contributed by atoms with Crippen LogP contribution in [0.15, 0.2) is 12.5 Å². The van der Waals surface area contributed by atoms with Crippen molar-refractivity contribution >= 4 is 18.0 Å². The van der Waals surface area contributed by atoms with Crippen molar-refractivity contribution in [1.82, 2.24) is 20.2 Å². The van der Waals surface area contributed by atoms with Gasteiger partial charge in [0.2, 0.25) is 5.91 Å². The maximum atomic E-state index is 12.1. The highest BCUT2D eigenvalue weighted by atomic mass is 16.6. The molecule has 0 radical (unpaired) electrons. The van der Waals surface area contributed by atoms with E-state index in [1.54, 1.807) is 6.92 Å². The lowest BCUT2D eigenvalue weighted by Gasteiger charge is -2.21. The predicted molar refractivity (Wildman–Crippen MR) is 99.2 cm³/mol. The third-order valence-electron chi connectivity index (χ3n) is 4.08. The smallest absolute Gasteiger partial charge is 0.409 e. The molecule has 9 nitrogen and oxygen atoms in total. The van der Waals surface area contributed by atoms with Crippen molar-refractivity contribution in [3.63, 3.8) is 0 Å².